The molecule has 0 radical (unpaired) electrons. The van der Waals surface area contributed by atoms with Crippen LogP contribution in [0.3, 0.4) is 0 Å². The molecular weight excluding hydrogens is 264 g/mol. The Hall–Kier alpha value is -1.14. The zero-order valence-electron chi connectivity index (χ0n) is 11.3. The number of rotatable bonds is 4. The molecule has 2 N–H and O–H groups in total. The van der Waals surface area contributed by atoms with Crippen LogP contribution in [0.4, 0.5) is 5.13 Å². The van der Waals surface area contributed by atoms with Gasteiger partial charge in [-0.3, -0.25) is 0 Å². The molecule has 2 rings (SSSR count). The molecule has 6 heteroatoms. The maximum absolute atomic E-state index is 11.7. The van der Waals surface area contributed by atoms with Crippen molar-refractivity contribution in [3.8, 4) is 0 Å². The van der Waals surface area contributed by atoms with E-state index in [1.807, 2.05) is 0 Å². The Morgan fingerprint density at radius 1 is 1.53 bits per heavy atom. The number of nitrogens with one attached hydrogen (secondary N) is 1. The first-order chi connectivity index (χ1) is 9.11. The average Bonchev–Trinajstić information content (AvgIpc) is 2.74. The molecule has 106 valence electrons. The Balaban J connectivity index is 2.05. The first kappa shape index (κ1) is 14.3. The summed E-state index contributed by atoms with van der Waals surface area (Å²) < 4.78 is 4.99. The zero-order chi connectivity index (χ0) is 13.8. The van der Waals surface area contributed by atoms with Crippen molar-refractivity contribution in [3.63, 3.8) is 0 Å². The highest BCUT2D eigenvalue weighted by Crippen LogP contribution is 2.27. The predicted octanol–water partition coefficient (Wildman–Crippen LogP) is 2.34. The fraction of sp³-hybridized carbons (Fsp3) is 0.692. The number of aliphatic hydroxyl groups excluding tert-OH is 1. The van der Waals surface area contributed by atoms with Gasteiger partial charge in [-0.25, -0.2) is 9.78 Å². The molecule has 2 atom stereocenters. The van der Waals surface area contributed by atoms with Gasteiger partial charge in [0.15, 0.2) is 5.13 Å². The SMILES string of the molecule is CCOC(=O)c1sc(N[C@H]2CCCC[C@@H]2O)nc1C. The number of hydrogen-bond acceptors (Lipinski definition) is 6. The number of thiazole rings is 1. The van der Waals surface area contributed by atoms with Crippen molar-refractivity contribution in [1.29, 1.82) is 0 Å². The van der Waals surface area contributed by atoms with Crippen LogP contribution in [0, 0.1) is 6.92 Å². The van der Waals surface area contributed by atoms with E-state index in [1.165, 1.54) is 11.3 Å². The van der Waals surface area contributed by atoms with Gasteiger partial charge in [0.1, 0.15) is 4.88 Å². The molecule has 1 aliphatic carbocycles. The minimum absolute atomic E-state index is 0.0364. The van der Waals surface area contributed by atoms with Crippen LogP contribution in [0.15, 0.2) is 0 Å². The summed E-state index contributed by atoms with van der Waals surface area (Å²) in [6.45, 7) is 3.94. The molecule has 0 aliphatic heterocycles. The molecule has 1 aromatic rings. The summed E-state index contributed by atoms with van der Waals surface area (Å²) in [6.07, 6.45) is 3.62. The minimum Gasteiger partial charge on any atom is -0.462 e. The first-order valence-electron chi connectivity index (χ1n) is 6.71. The van der Waals surface area contributed by atoms with Crippen LogP contribution in [0.25, 0.3) is 0 Å². The number of nitrogens with zero attached hydrogens (tertiary/aromatic N) is 1. The van der Waals surface area contributed by atoms with Crippen molar-refractivity contribution >= 4 is 22.4 Å². The normalized spacial score (nSPS) is 23.1. The maximum Gasteiger partial charge on any atom is 0.350 e. The van der Waals surface area contributed by atoms with Crippen LogP contribution in [-0.2, 0) is 4.74 Å². The van der Waals surface area contributed by atoms with Crippen molar-refractivity contribution in [2.45, 2.75) is 51.7 Å². The highest BCUT2D eigenvalue weighted by atomic mass is 32.1. The summed E-state index contributed by atoms with van der Waals surface area (Å²) in [5.41, 5.74) is 0.677. The van der Waals surface area contributed by atoms with Crippen molar-refractivity contribution in [2.24, 2.45) is 0 Å². The number of ether oxygens (including phenoxy) is 1. The lowest BCUT2D eigenvalue weighted by Crippen LogP contribution is -2.36. The van der Waals surface area contributed by atoms with E-state index < -0.39 is 0 Å². The molecule has 19 heavy (non-hydrogen) atoms. The molecule has 5 nitrogen and oxygen atoms in total. The number of carbonyl (C=O) groups excluding carboxylic acids is 1. The van der Waals surface area contributed by atoms with Crippen molar-refractivity contribution in [1.82, 2.24) is 4.98 Å². The molecule has 1 aliphatic rings. The van der Waals surface area contributed by atoms with Crippen LogP contribution < -0.4 is 5.32 Å². The predicted molar refractivity (Wildman–Crippen MR) is 74.7 cm³/mol. The van der Waals surface area contributed by atoms with Crippen LogP contribution in [0.2, 0.25) is 0 Å². The molecule has 0 spiro atoms. The Morgan fingerprint density at radius 3 is 2.95 bits per heavy atom. The van der Waals surface area contributed by atoms with E-state index >= 15 is 0 Å². The van der Waals surface area contributed by atoms with Gasteiger partial charge in [0.2, 0.25) is 0 Å². The van der Waals surface area contributed by atoms with E-state index in [4.69, 9.17) is 4.74 Å². The fourth-order valence-corrected chi connectivity index (χ4v) is 3.20. The van der Waals surface area contributed by atoms with E-state index in [2.05, 4.69) is 10.3 Å². The lowest BCUT2D eigenvalue weighted by atomic mass is 9.93. The van der Waals surface area contributed by atoms with Gasteiger partial charge in [-0.1, -0.05) is 24.2 Å². The van der Waals surface area contributed by atoms with Crippen LogP contribution >= 0.6 is 11.3 Å². The summed E-state index contributed by atoms with van der Waals surface area (Å²) >= 11 is 1.30. The molecule has 1 fully saturated rings. The maximum atomic E-state index is 11.7. The number of aryl methyl sites for hydroxylation is 1. The molecule has 0 unspecified atom stereocenters. The minimum atomic E-state index is -0.330. The molecular formula is C13H20N2O3S. The molecule has 0 bridgehead atoms. The molecule has 0 saturated heterocycles. The number of hydrogen-bond donors (Lipinski definition) is 2. The van der Waals surface area contributed by atoms with Crippen LogP contribution in [0.5, 0.6) is 0 Å². The molecule has 1 heterocycles. The van der Waals surface area contributed by atoms with Crippen molar-refractivity contribution in [3.05, 3.63) is 10.6 Å². The van der Waals surface area contributed by atoms with Crippen LogP contribution in [0.1, 0.15) is 48.0 Å². The van der Waals surface area contributed by atoms with Gasteiger partial charge in [0, 0.05) is 0 Å². The Bertz CT molecular complexity index is 447. The Kier molecular flexibility index (Phi) is 4.76. The van der Waals surface area contributed by atoms with E-state index in [-0.39, 0.29) is 18.1 Å². The molecule has 1 aromatic heterocycles. The van der Waals surface area contributed by atoms with Gasteiger partial charge in [0.25, 0.3) is 0 Å². The standard InChI is InChI=1S/C13H20N2O3S/c1-3-18-12(17)11-8(2)14-13(19-11)15-9-6-4-5-7-10(9)16/h9-10,16H,3-7H2,1-2H3,(H,14,15)/t9-,10-/m0/s1. The number of anilines is 1. The van der Waals surface area contributed by atoms with Gasteiger partial charge in [-0.05, 0) is 26.7 Å². The summed E-state index contributed by atoms with van der Waals surface area (Å²) in [4.78, 5) is 16.6. The summed E-state index contributed by atoms with van der Waals surface area (Å²) in [7, 11) is 0. The van der Waals surface area contributed by atoms with Gasteiger partial charge in [-0.2, -0.15) is 0 Å². The van der Waals surface area contributed by atoms with E-state index in [9.17, 15) is 9.90 Å². The third kappa shape index (κ3) is 3.45. The second kappa shape index (κ2) is 6.34. The van der Waals surface area contributed by atoms with Gasteiger partial charge in [0.05, 0.1) is 24.4 Å². The summed E-state index contributed by atoms with van der Waals surface area (Å²) in [5, 5.41) is 13.8. The molecule has 1 saturated carbocycles. The van der Waals surface area contributed by atoms with Crippen molar-refractivity contribution in [2.75, 3.05) is 11.9 Å². The molecule has 0 amide bonds. The number of aliphatic hydroxyl groups is 1. The first-order valence-corrected chi connectivity index (χ1v) is 7.52. The molecule has 0 aromatic carbocycles. The lowest BCUT2D eigenvalue weighted by Gasteiger charge is -2.28. The topological polar surface area (TPSA) is 71.5 Å². The third-order valence-electron chi connectivity index (χ3n) is 3.30. The highest BCUT2D eigenvalue weighted by molar-refractivity contribution is 7.17. The third-order valence-corrected chi connectivity index (χ3v) is 4.36. The number of esters is 1. The van der Waals surface area contributed by atoms with E-state index in [1.54, 1.807) is 13.8 Å². The van der Waals surface area contributed by atoms with Crippen molar-refractivity contribution < 1.29 is 14.6 Å². The van der Waals surface area contributed by atoms with Gasteiger partial charge in [-0.15, -0.1) is 0 Å². The quantitative estimate of drug-likeness (QED) is 0.830. The van der Waals surface area contributed by atoms with E-state index in [0.29, 0.717) is 22.3 Å². The highest BCUT2D eigenvalue weighted by Gasteiger charge is 2.25. The monoisotopic (exact) mass is 284 g/mol. The fourth-order valence-electron chi connectivity index (χ4n) is 2.28. The zero-order valence-corrected chi connectivity index (χ0v) is 12.1. The number of carbonyl (C=O) groups is 1. The summed E-state index contributed by atoms with van der Waals surface area (Å²) in [6, 6.07) is 0.0364. The average molecular weight is 284 g/mol. The van der Waals surface area contributed by atoms with E-state index in [0.717, 1.165) is 25.7 Å². The lowest BCUT2D eigenvalue weighted by molar-refractivity contribution is 0.0531. The number of aromatic nitrogens is 1. The van der Waals surface area contributed by atoms with Gasteiger partial charge >= 0.3 is 5.97 Å². The largest absolute Gasteiger partial charge is 0.462 e. The van der Waals surface area contributed by atoms with Crippen LogP contribution in [-0.4, -0.2) is 34.8 Å². The second-order valence-corrected chi connectivity index (χ2v) is 5.76. The summed E-state index contributed by atoms with van der Waals surface area (Å²) in [5.74, 6) is -0.324. The Morgan fingerprint density at radius 2 is 2.26 bits per heavy atom. The van der Waals surface area contributed by atoms with Gasteiger partial charge < -0.3 is 15.2 Å². The smallest absolute Gasteiger partial charge is 0.350 e. The second-order valence-electron chi connectivity index (χ2n) is 4.76. The Labute approximate surface area is 117 Å².